The third-order valence-electron chi connectivity index (χ3n) is 4.46. The molecule has 0 saturated heterocycles. The third kappa shape index (κ3) is 5.45. The van der Waals surface area contributed by atoms with Crippen LogP contribution >= 0.6 is 22.6 Å². The quantitative estimate of drug-likeness (QED) is 0.270. The number of halogens is 8. The lowest BCUT2D eigenvalue weighted by molar-refractivity contribution is -0.153. The number of nitrogens with zero attached hydrogens (tertiary/aromatic N) is 1. The first-order chi connectivity index (χ1) is 15.0. The van der Waals surface area contributed by atoms with E-state index in [-0.39, 0.29) is 17.0 Å². The number of hydrogen-bond donors (Lipinski definition) is 0. The summed E-state index contributed by atoms with van der Waals surface area (Å²) in [6.07, 6.45) is -6.00. The molecule has 0 unspecified atom stereocenters. The molecule has 1 aliphatic rings. The van der Waals surface area contributed by atoms with Gasteiger partial charge in [0.2, 0.25) is 0 Å². The molecule has 0 N–H and O–H groups in total. The fourth-order valence-electron chi connectivity index (χ4n) is 3.16. The van der Waals surface area contributed by atoms with E-state index in [1.807, 2.05) is 22.6 Å². The van der Waals surface area contributed by atoms with Crippen LogP contribution in [0.3, 0.4) is 0 Å². The highest BCUT2D eigenvalue weighted by Crippen LogP contribution is 2.43. The molecule has 0 amide bonds. The third-order valence-corrected chi connectivity index (χ3v) is 5.39. The Morgan fingerprint density at radius 2 is 1.62 bits per heavy atom. The zero-order chi connectivity index (χ0) is 23.6. The molecule has 0 bridgehead atoms. The maximum Gasteiger partial charge on any atom is 0.422 e. The van der Waals surface area contributed by atoms with E-state index in [9.17, 15) is 22.0 Å². The number of alkyl halides is 5. The minimum absolute atomic E-state index is 0.108. The molecule has 10 heteroatoms. The van der Waals surface area contributed by atoms with Gasteiger partial charge in [0.25, 0.3) is 6.43 Å². The number of allylic oxidation sites excluding steroid dienone is 3. The van der Waals surface area contributed by atoms with Crippen molar-refractivity contribution >= 4 is 33.9 Å². The van der Waals surface area contributed by atoms with Crippen molar-refractivity contribution in [3.63, 3.8) is 0 Å². The van der Waals surface area contributed by atoms with Crippen molar-refractivity contribution in [3.8, 4) is 5.75 Å². The highest BCUT2D eigenvalue weighted by molar-refractivity contribution is 14.1. The molecule has 32 heavy (non-hydrogen) atoms. The molecule has 2 aromatic carbocycles. The lowest BCUT2D eigenvalue weighted by Crippen LogP contribution is -2.30. The minimum atomic E-state index is -4.70. The van der Waals surface area contributed by atoms with E-state index in [0.29, 0.717) is 21.3 Å². The second kappa shape index (κ2) is 9.55. The second-order valence-electron chi connectivity index (χ2n) is 6.73. The average molecular weight is 569 g/mol. The molecule has 2 aromatic rings. The molecule has 0 fully saturated rings. The van der Waals surface area contributed by atoms with Crippen LogP contribution in [0.4, 0.5) is 30.7 Å². The normalized spacial score (nSPS) is 14.8. The SMILES string of the molecule is C=C1C(I)=CC(c2ccccc2)=C(c2c(F)cc(OCC(F)(F)F)cc2F)N1CC(F)F. The Labute approximate surface area is 192 Å². The van der Waals surface area contributed by atoms with E-state index < -0.39 is 48.7 Å². The van der Waals surface area contributed by atoms with Crippen LogP contribution in [-0.4, -0.2) is 30.7 Å². The van der Waals surface area contributed by atoms with E-state index in [0.717, 1.165) is 4.90 Å². The van der Waals surface area contributed by atoms with Crippen LogP contribution < -0.4 is 4.74 Å². The molecule has 170 valence electrons. The Morgan fingerprint density at radius 1 is 1.03 bits per heavy atom. The van der Waals surface area contributed by atoms with Crippen LogP contribution in [0.15, 0.2) is 64.4 Å². The zero-order valence-electron chi connectivity index (χ0n) is 16.2. The van der Waals surface area contributed by atoms with Crippen LogP contribution in [0, 0.1) is 11.6 Å². The predicted octanol–water partition coefficient (Wildman–Crippen LogP) is 7.19. The summed E-state index contributed by atoms with van der Waals surface area (Å²) in [5.41, 5.74) is -0.0225. The first-order valence-corrected chi connectivity index (χ1v) is 10.2. The van der Waals surface area contributed by atoms with E-state index in [2.05, 4.69) is 11.3 Å². The smallest absolute Gasteiger partial charge is 0.422 e. The van der Waals surface area contributed by atoms with E-state index in [4.69, 9.17) is 0 Å². The summed E-state index contributed by atoms with van der Waals surface area (Å²) in [6, 6.07) is 9.51. The molecule has 0 atom stereocenters. The number of rotatable bonds is 6. The molecular formula is C22H15F7INO. The monoisotopic (exact) mass is 569 g/mol. The van der Waals surface area contributed by atoms with E-state index in [1.165, 1.54) is 0 Å². The van der Waals surface area contributed by atoms with Gasteiger partial charge in [0.05, 0.1) is 17.8 Å². The largest absolute Gasteiger partial charge is 0.484 e. The van der Waals surface area contributed by atoms with Gasteiger partial charge in [0, 0.05) is 27.0 Å². The summed E-state index contributed by atoms with van der Waals surface area (Å²) in [5, 5.41) is 0. The Hall–Kier alpha value is -2.50. The number of hydrogen-bond acceptors (Lipinski definition) is 2. The number of benzene rings is 2. The van der Waals surface area contributed by atoms with Gasteiger partial charge in [-0.15, -0.1) is 0 Å². The van der Waals surface area contributed by atoms with Gasteiger partial charge in [0.15, 0.2) is 6.61 Å². The van der Waals surface area contributed by atoms with Crippen LogP contribution in [0.2, 0.25) is 0 Å². The topological polar surface area (TPSA) is 12.5 Å². The van der Waals surface area contributed by atoms with Gasteiger partial charge in [0.1, 0.15) is 17.4 Å². The van der Waals surface area contributed by atoms with Crippen molar-refractivity contribution in [1.29, 1.82) is 0 Å². The molecule has 3 rings (SSSR count). The van der Waals surface area contributed by atoms with Gasteiger partial charge in [-0.3, -0.25) is 0 Å². The number of ether oxygens (including phenoxy) is 1. The maximum atomic E-state index is 15.0. The van der Waals surface area contributed by atoms with Crippen molar-refractivity contribution < 1.29 is 35.5 Å². The fraction of sp³-hybridized carbons (Fsp3) is 0.182. The van der Waals surface area contributed by atoms with E-state index >= 15 is 8.78 Å². The highest BCUT2D eigenvalue weighted by atomic mass is 127. The van der Waals surface area contributed by atoms with Crippen molar-refractivity contribution in [2.24, 2.45) is 0 Å². The Morgan fingerprint density at radius 3 is 2.16 bits per heavy atom. The Kier molecular flexibility index (Phi) is 7.21. The molecular weight excluding hydrogens is 554 g/mol. The second-order valence-corrected chi connectivity index (χ2v) is 7.90. The first kappa shape index (κ1) is 24.1. The summed E-state index contributed by atoms with van der Waals surface area (Å²) in [5.74, 6) is -3.20. The highest BCUT2D eigenvalue weighted by Gasteiger charge is 2.32. The van der Waals surface area contributed by atoms with Gasteiger partial charge in [-0.25, -0.2) is 17.6 Å². The van der Waals surface area contributed by atoms with Crippen molar-refractivity contribution in [2.75, 3.05) is 13.2 Å². The lowest BCUT2D eigenvalue weighted by atomic mass is 9.94. The van der Waals surface area contributed by atoms with Gasteiger partial charge in [-0.1, -0.05) is 36.9 Å². The van der Waals surface area contributed by atoms with Gasteiger partial charge in [-0.05, 0) is 34.2 Å². The predicted molar refractivity (Wildman–Crippen MR) is 115 cm³/mol. The van der Waals surface area contributed by atoms with Crippen molar-refractivity contribution in [2.45, 2.75) is 12.6 Å². The van der Waals surface area contributed by atoms with Crippen LogP contribution in [0.5, 0.6) is 5.75 Å². The molecule has 0 radical (unpaired) electrons. The van der Waals surface area contributed by atoms with Crippen molar-refractivity contribution in [1.82, 2.24) is 4.90 Å². The van der Waals surface area contributed by atoms with Crippen LogP contribution in [0.25, 0.3) is 11.3 Å². The molecule has 0 aliphatic carbocycles. The Balaban J connectivity index is 2.22. The summed E-state index contributed by atoms with van der Waals surface area (Å²) in [7, 11) is 0. The molecule has 2 nitrogen and oxygen atoms in total. The summed E-state index contributed by atoms with van der Waals surface area (Å²) in [6.45, 7) is 1.12. The summed E-state index contributed by atoms with van der Waals surface area (Å²) < 4.78 is 98.9. The molecule has 1 heterocycles. The minimum Gasteiger partial charge on any atom is -0.484 e. The van der Waals surface area contributed by atoms with Gasteiger partial charge >= 0.3 is 6.18 Å². The first-order valence-electron chi connectivity index (χ1n) is 9.08. The fourth-order valence-corrected chi connectivity index (χ4v) is 3.76. The van der Waals surface area contributed by atoms with Gasteiger partial charge in [-0.2, -0.15) is 13.2 Å². The molecule has 0 saturated carbocycles. The molecule has 0 spiro atoms. The zero-order valence-corrected chi connectivity index (χ0v) is 18.4. The molecule has 0 aromatic heterocycles. The van der Waals surface area contributed by atoms with Crippen molar-refractivity contribution in [3.05, 3.63) is 87.2 Å². The Bertz CT molecular complexity index is 1050. The molecule has 1 aliphatic heterocycles. The average Bonchev–Trinajstić information content (AvgIpc) is 2.70. The summed E-state index contributed by atoms with van der Waals surface area (Å²) in [4.78, 5) is 1.01. The van der Waals surface area contributed by atoms with Gasteiger partial charge < -0.3 is 9.64 Å². The lowest BCUT2D eigenvalue weighted by Gasteiger charge is -2.34. The van der Waals surface area contributed by atoms with Crippen LogP contribution in [-0.2, 0) is 0 Å². The standard InChI is InChI=1S/C22H15F7INO/c1-12-18(30)9-15(13-5-3-2-4-6-13)21(31(12)10-19(25)26)20-16(23)7-14(8-17(20)24)32-11-22(27,28)29/h2-9,19H,1,10-11H2. The summed E-state index contributed by atoms with van der Waals surface area (Å²) >= 11 is 1.88. The van der Waals surface area contributed by atoms with E-state index in [1.54, 1.807) is 36.4 Å². The van der Waals surface area contributed by atoms with Crippen LogP contribution in [0.1, 0.15) is 11.1 Å². The maximum absolute atomic E-state index is 15.0.